The Morgan fingerprint density at radius 1 is 1.39 bits per heavy atom. The van der Waals surface area contributed by atoms with Crippen molar-refractivity contribution in [3.8, 4) is 0 Å². The molecule has 2 N–H and O–H groups in total. The summed E-state index contributed by atoms with van der Waals surface area (Å²) in [5, 5.41) is 10.6. The molecule has 2 heterocycles. The van der Waals surface area contributed by atoms with Gasteiger partial charge in [0.25, 0.3) is 0 Å². The molecule has 0 fully saturated rings. The van der Waals surface area contributed by atoms with Gasteiger partial charge in [0.1, 0.15) is 0 Å². The fraction of sp³-hybridized carbons (Fsp3) is 0.312. The van der Waals surface area contributed by atoms with Crippen molar-refractivity contribution in [2.75, 3.05) is 13.6 Å². The third kappa shape index (κ3) is 2.27. The van der Waals surface area contributed by atoms with Gasteiger partial charge in [0, 0.05) is 38.0 Å². The van der Waals surface area contributed by atoms with E-state index >= 15 is 0 Å². The number of likely N-dealkylation sites (N-methyl/N-ethyl adjacent to an activating group) is 1. The van der Waals surface area contributed by atoms with Crippen molar-refractivity contribution in [1.29, 1.82) is 0 Å². The molecular formula is C16H13Br3N2O2. The molecule has 4 nitrogen and oxygen atoms in total. The van der Waals surface area contributed by atoms with Gasteiger partial charge in [0.05, 0.1) is 10.5 Å². The standard InChI is InChI=1S/C16H13Br3N2O2/c1-21-5-6(16(22)23)2-7-11(21)3-8-12-10(20-15(8)19)4-9(17)14(18)13(7)12/h2,4,6,11,20H,3,5H2,1H3,(H,22,23)/t6-,11-/m1/s1. The van der Waals surface area contributed by atoms with Crippen LogP contribution in [0, 0.1) is 5.92 Å². The molecule has 0 amide bonds. The summed E-state index contributed by atoms with van der Waals surface area (Å²) in [4.78, 5) is 17.1. The predicted molar refractivity (Wildman–Crippen MR) is 101 cm³/mol. The number of carbonyl (C=O) groups is 1. The van der Waals surface area contributed by atoms with E-state index in [2.05, 4.69) is 63.7 Å². The number of rotatable bonds is 1. The lowest BCUT2D eigenvalue weighted by Gasteiger charge is -2.39. The lowest BCUT2D eigenvalue weighted by molar-refractivity contribution is -0.140. The molecule has 1 aromatic carbocycles. The molecule has 0 radical (unpaired) electrons. The van der Waals surface area contributed by atoms with Crippen molar-refractivity contribution >= 4 is 70.2 Å². The number of nitrogens with one attached hydrogen (secondary N) is 1. The molecule has 1 aliphatic carbocycles. The predicted octanol–water partition coefficient (Wildman–Crippen LogP) is 4.41. The van der Waals surface area contributed by atoms with Gasteiger partial charge in [-0.1, -0.05) is 6.08 Å². The normalized spacial score (nSPS) is 23.7. The number of carboxylic acids is 1. The number of benzene rings is 1. The zero-order valence-corrected chi connectivity index (χ0v) is 16.9. The van der Waals surface area contributed by atoms with E-state index in [4.69, 9.17) is 0 Å². The average Bonchev–Trinajstić information content (AvgIpc) is 2.80. The maximum absolute atomic E-state index is 11.5. The maximum Gasteiger partial charge on any atom is 0.311 e. The summed E-state index contributed by atoms with van der Waals surface area (Å²) in [6, 6.07) is 2.25. The Balaban J connectivity index is 2.07. The number of fused-ring (bicyclic) bond motifs is 2. The Kier molecular flexibility index (Phi) is 3.75. The molecule has 2 atom stereocenters. The van der Waals surface area contributed by atoms with Gasteiger partial charge in [0.15, 0.2) is 0 Å². The highest BCUT2D eigenvalue weighted by atomic mass is 79.9. The molecule has 0 spiro atoms. The lowest BCUT2D eigenvalue weighted by atomic mass is 9.80. The van der Waals surface area contributed by atoms with E-state index in [9.17, 15) is 9.90 Å². The number of halogens is 3. The summed E-state index contributed by atoms with van der Waals surface area (Å²) < 4.78 is 2.95. The number of carboxylic acid groups (broad SMARTS) is 1. The van der Waals surface area contributed by atoms with Crippen molar-refractivity contribution in [2.45, 2.75) is 12.5 Å². The smallest absolute Gasteiger partial charge is 0.311 e. The van der Waals surface area contributed by atoms with Gasteiger partial charge in [0.2, 0.25) is 0 Å². The van der Waals surface area contributed by atoms with Crippen LogP contribution in [0.15, 0.2) is 25.7 Å². The molecule has 0 unspecified atom stereocenters. The minimum atomic E-state index is -0.772. The fourth-order valence-corrected chi connectivity index (χ4v) is 5.26. The van der Waals surface area contributed by atoms with Crippen LogP contribution in [0.4, 0.5) is 0 Å². The summed E-state index contributed by atoms with van der Waals surface area (Å²) in [5.74, 6) is -1.25. The highest BCUT2D eigenvalue weighted by molar-refractivity contribution is 9.13. The SMILES string of the molecule is CN1C[C@H](C(=O)O)C=C2c3c(Br)c(Br)cc4[nH]c(Br)c(c34)C[C@H]21. The van der Waals surface area contributed by atoms with Gasteiger partial charge < -0.3 is 10.1 Å². The molecule has 2 aromatic rings. The van der Waals surface area contributed by atoms with Crippen LogP contribution in [-0.4, -0.2) is 40.6 Å². The molecule has 0 bridgehead atoms. The number of H-pyrrole nitrogens is 1. The van der Waals surface area contributed by atoms with Gasteiger partial charge in [-0.3, -0.25) is 9.69 Å². The summed E-state index contributed by atoms with van der Waals surface area (Å²) in [5.41, 5.74) is 4.51. The third-order valence-corrected chi connectivity index (χ3v) is 7.45. The zero-order chi connectivity index (χ0) is 16.5. The Labute approximate surface area is 158 Å². The van der Waals surface area contributed by atoms with Crippen LogP contribution in [-0.2, 0) is 11.2 Å². The minimum absolute atomic E-state index is 0.194. The first-order chi connectivity index (χ1) is 10.9. The zero-order valence-electron chi connectivity index (χ0n) is 12.2. The van der Waals surface area contributed by atoms with Crippen molar-refractivity contribution in [1.82, 2.24) is 9.88 Å². The second-order valence-electron chi connectivity index (χ2n) is 6.11. The molecular weight excluding hydrogens is 492 g/mol. The van der Waals surface area contributed by atoms with E-state index in [1.165, 1.54) is 10.9 Å². The molecule has 4 rings (SSSR count). The molecule has 7 heteroatoms. The van der Waals surface area contributed by atoms with E-state index in [0.29, 0.717) is 6.54 Å². The van der Waals surface area contributed by atoms with E-state index in [0.717, 1.165) is 36.6 Å². The summed E-state index contributed by atoms with van der Waals surface area (Å²) in [6.45, 7) is 0.537. The quantitative estimate of drug-likeness (QED) is 0.605. The number of aliphatic carboxylic acids is 1. The Morgan fingerprint density at radius 3 is 2.83 bits per heavy atom. The van der Waals surface area contributed by atoms with Gasteiger partial charge in [-0.2, -0.15) is 0 Å². The molecule has 0 saturated carbocycles. The number of hydrogen-bond donors (Lipinski definition) is 2. The number of aromatic nitrogens is 1. The third-order valence-electron chi connectivity index (χ3n) is 4.79. The topological polar surface area (TPSA) is 56.3 Å². The highest BCUT2D eigenvalue weighted by Gasteiger charge is 2.37. The first-order valence-electron chi connectivity index (χ1n) is 7.21. The number of hydrogen-bond acceptors (Lipinski definition) is 2. The fourth-order valence-electron chi connectivity index (χ4n) is 3.72. The van der Waals surface area contributed by atoms with Crippen molar-refractivity contribution in [3.05, 3.63) is 36.8 Å². The van der Waals surface area contributed by atoms with E-state index in [1.807, 2.05) is 13.1 Å². The minimum Gasteiger partial charge on any atom is -0.481 e. The van der Waals surface area contributed by atoms with Crippen LogP contribution in [0.1, 0.15) is 11.1 Å². The lowest BCUT2D eigenvalue weighted by Crippen LogP contribution is -2.44. The van der Waals surface area contributed by atoms with Gasteiger partial charge in [-0.05, 0) is 78.5 Å². The molecule has 0 saturated heterocycles. The maximum atomic E-state index is 11.5. The van der Waals surface area contributed by atoms with Crippen molar-refractivity contribution < 1.29 is 9.90 Å². The number of aromatic amines is 1. The summed E-state index contributed by atoms with van der Waals surface area (Å²) in [7, 11) is 2.00. The van der Waals surface area contributed by atoms with Crippen LogP contribution in [0.2, 0.25) is 0 Å². The Hall–Kier alpha value is -0.630. The Morgan fingerprint density at radius 2 is 2.13 bits per heavy atom. The van der Waals surface area contributed by atoms with Crippen molar-refractivity contribution in [3.63, 3.8) is 0 Å². The summed E-state index contributed by atoms with van der Waals surface area (Å²) >= 11 is 10.9. The first kappa shape index (κ1) is 15.9. The average molecular weight is 505 g/mol. The molecule has 1 aromatic heterocycles. The van der Waals surface area contributed by atoms with Crippen LogP contribution in [0.3, 0.4) is 0 Å². The van der Waals surface area contributed by atoms with E-state index < -0.39 is 11.9 Å². The van der Waals surface area contributed by atoms with Crippen LogP contribution in [0.25, 0.3) is 16.5 Å². The van der Waals surface area contributed by atoms with Crippen LogP contribution in [0.5, 0.6) is 0 Å². The van der Waals surface area contributed by atoms with Crippen LogP contribution >= 0.6 is 47.8 Å². The van der Waals surface area contributed by atoms with Crippen LogP contribution < -0.4 is 0 Å². The molecule has 2 aliphatic rings. The monoisotopic (exact) mass is 502 g/mol. The van der Waals surface area contributed by atoms with Gasteiger partial charge >= 0.3 is 5.97 Å². The Bertz CT molecular complexity index is 887. The molecule has 1 aliphatic heterocycles. The van der Waals surface area contributed by atoms with Gasteiger partial charge in [-0.25, -0.2) is 0 Å². The summed E-state index contributed by atoms with van der Waals surface area (Å²) in [6.07, 6.45) is 2.80. The molecule has 23 heavy (non-hydrogen) atoms. The second-order valence-corrected chi connectivity index (χ2v) is 8.55. The number of nitrogens with zero attached hydrogens (tertiary/aromatic N) is 1. The highest BCUT2D eigenvalue weighted by Crippen LogP contribution is 2.48. The molecule has 120 valence electrons. The first-order valence-corrected chi connectivity index (χ1v) is 9.59. The largest absolute Gasteiger partial charge is 0.481 e. The van der Waals surface area contributed by atoms with E-state index in [1.54, 1.807) is 0 Å². The van der Waals surface area contributed by atoms with Crippen molar-refractivity contribution in [2.24, 2.45) is 5.92 Å². The van der Waals surface area contributed by atoms with E-state index in [-0.39, 0.29) is 6.04 Å². The van der Waals surface area contributed by atoms with Gasteiger partial charge in [-0.15, -0.1) is 0 Å². The second kappa shape index (κ2) is 5.44.